The van der Waals surface area contributed by atoms with Crippen molar-refractivity contribution in [1.29, 1.82) is 0 Å². The molecule has 2 aromatic carbocycles. The van der Waals surface area contributed by atoms with Crippen LogP contribution in [0.1, 0.15) is 63.5 Å². The number of aliphatic hydroxyl groups is 1. The zero-order chi connectivity index (χ0) is 22.7. The molecule has 0 aliphatic heterocycles. The Hall–Kier alpha value is -1.98. The van der Waals surface area contributed by atoms with Crippen molar-refractivity contribution in [3.05, 3.63) is 71.8 Å². The van der Waals surface area contributed by atoms with Crippen molar-refractivity contribution in [2.75, 3.05) is 18.1 Å². The van der Waals surface area contributed by atoms with Gasteiger partial charge in [-0.1, -0.05) is 74.5 Å². The highest BCUT2D eigenvalue weighted by Crippen LogP contribution is 2.34. The molecule has 170 valence electrons. The van der Waals surface area contributed by atoms with Crippen molar-refractivity contribution < 1.29 is 19.2 Å². The topological polar surface area (TPSA) is 74.6 Å². The molecule has 31 heavy (non-hydrogen) atoms. The summed E-state index contributed by atoms with van der Waals surface area (Å²) in [5.41, 5.74) is 1.66. The normalized spacial score (nSPS) is 16.2. The van der Waals surface area contributed by atoms with Crippen LogP contribution >= 0.6 is 0 Å². The van der Waals surface area contributed by atoms with Crippen molar-refractivity contribution >= 4 is 16.8 Å². The molecule has 0 saturated carbocycles. The highest BCUT2D eigenvalue weighted by molar-refractivity contribution is 7.84. The van der Waals surface area contributed by atoms with Gasteiger partial charge in [0.25, 0.3) is 0 Å². The number of carboxylic acid groups (broad SMARTS) is 1. The molecule has 4 nitrogen and oxygen atoms in total. The largest absolute Gasteiger partial charge is 0.481 e. The molecule has 2 rings (SSSR count). The van der Waals surface area contributed by atoms with E-state index in [4.69, 9.17) is 0 Å². The van der Waals surface area contributed by atoms with Crippen LogP contribution in [0.4, 0.5) is 0 Å². The van der Waals surface area contributed by atoms with E-state index in [2.05, 4.69) is 19.1 Å². The van der Waals surface area contributed by atoms with E-state index in [0.717, 1.165) is 24.8 Å². The molecule has 0 aromatic heterocycles. The molecule has 0 radical (unpaired) electrons. The van der Waals surface area contributed by atoms with Gasteiger partial charge in [0.15, 0.2) is 0 Å². The standard InChI is InChI=1S/C26H36O4S/c1-25(17-18-27,22-11-5-3-6-12-22)15-9-19-31(30)20-10-16-26(2,21-24(28)29)23-13-7-4-8-14-23/h3-8,11-14,27H,9-10,15-21H2,1-2H3,(H,28,29). The second-order valence-corrected chi connectivity index (χ2v) is 10.6. The maximum Gasteiger partial charge on any atom is 0.304 e. The number of benzene rings is 2. The Labute approximate surface area is 189 Å². The maximum atomic E-state index is 12.6. The Bertz CT molecular complexity index is 824. The molecule has 3 atom stereocenters. The fourth-order valence-electron chi connectivity index (χ4n) is 4.36. The van der Waals surface area contributed by atoms with Crippen molar-refractivity contribution in [3.8, 4) is 0 Å². The van der Waals surface area contributed by atoms with Gasteiger partial charge in [0.1, 0.15) is 0 Å². The number of aliphatic hydroxyl groups excluding tert-OH is 1. The first-order valence-electron chi connectivity index (χ1n) is 11.1. The third-order valence-corrected chi connectivity index (χ3v) is 7.84. The lowest BCUT2D eigenvalue weighted by Gasteiger charge is -2.30. The van der Waals surface area contributed by atoms with Gasteiger partial charge in [-0.3, -0.25) is 9.00 Å². The summed E-state index contributed by atoms with van der Waals surface area (Å²) in [6.07, 6.45) is 3.90. The summed E-state index contributed by atoms with van der Waals surface area (Å²) in [4.78, 5) is 11.4. The summed E-state index contributed by atoms with van der Waals surface area (Å²) < 4.78 is 12.6. The summed E-state index contributed by atoms with van der Waals surface area (Å²) in [6, 6.07) is 20.0. The highest BCUT2D eigenvalue weighted by Gasteiger charge is 2.29. The van der Waals surface area contributed by atoms with Gasteiger partial charge in [-0.15, -0.1) is 0 Å². The molecule has 0 bridgehead atoms. The Morgan fingerprint density at radius 3 is 1.71 bits per heavy atom. The third kappa shape index (κ3) is 7.89. The molecular formula is C26H36O4S. The lowest BCUT2D eigenvalue weighted by atomic mass is 9.76. The Balaban J connectivity index is 1.86. The lowest BCUT2D eigenvalue weighted by Crippen LogP contribution is -2.26. The summed E-state index contributed by atoms with van der Waals surface area (Å²) in [7, 11) is -0.929. The van der Waals surface area contributed by atoms with Crippen molar-refractivity contribution in [3.63, 3.8) is 0 Å². The molecule has 2 N–H and O–H groups in total. The van der Waals surface area contributed by atoms with E-state index in [0.29, 0.717) is 24.3 Å². The van der Waals surface area contributed by atoms with Gasteiger partial charge in [0, 0.05) is 34.3 Å². The van der Waals surface area contributed by atoms with Gasteiger partial charge in [-0.2, -0.15) is 0 Å². The van der Waals surface area contributed by atoms with Crippen molar-refractivity contribution in [2.24, 2.45) is 0 Å². The number of carboxylic acids is 1. The number of carbonyl (C=O) groups is 1. The van der Waals surface area contributed by atoms with Crippen LogP contribution in [0.2, 0.25) is 0 Å². The van der Waals surface area contributed by atoms with Crippen LogP contribution < -0.4 is 0 Å². The first-order chi connectivity index (χ1) is 14.8. The Morgan fingerprint density at radius 1 is 0.806 bits per heavy atom. The number of hydrogen-bond donors (Lipinski definition) is 2. The second kappa shape index (κ2) is 12.2. The minimum Gasteiger partial charge on any atom is -0.481 e. The van der Waals surface area contributed by atoms with Crippen LogP contribution in [0.25, 0.3) is 0 Å². The quantitative estimate of drug-likeness (QED) is 0.427. The molecular weight excluding hydrogens is 408 g/mol. The maximum absolute atomic E-state index is 12.6. The van der Waals surface area contributed by atoms with E-state index >= 15 is 0 Å². The summed E-state index contributed by atoms with van der Waals surface area (Å²) in [6.45, 7) is 4.29. The van der Waals surface area contributed by atoms with Crippen LogP contribution in [0.3, 0.4) is 0 Å². The molecule has 3 unspecified atom stereocenters. The number of hydrogen-bond acceptors (Lipinski definition) is 3. The van der Waals surface area contributed by atoms with Gasteiger partial charge in [-0.05, 0) is 48.6 Å². The smallest absolute Gasteiger partial charge is 0.304 e. The fourth-order valence-corrected chi connectivity index (χ4v) is 5.50. The molecule has 2 aromatic rings. The minimum atomic E-state index is -0.929. The van der Waals surface area contributed by atoms with Crippen LogP contribution in [0, 0.1) is 0 Å². The molecule has 5 heteroatoms. The number of aliphatic carboxylic acids is 1. The average Bonchev–Trinajstić information content (AvgIpc) is 2.75. The van der Waals surface area contributed by atoms with E-state index in [1.807, 2.05) is 55.5 Å². The van der Waals surface area contributed by atoms with E-state index in [1.165, 1.54) is 5.56 Å². The second-order valence-electron chi connectivity index (χ2n) is 8.95. The predicted octanol–water partition coefficient (Wildman–Crippen LogP) is 5.07. The summed E-state index contributed by atoms with van der Waals surface area (Å²) in [5, 5.41) is 18.9. The lowest BCUT2D eigenvalue weighted by molar-refractivity contribution is -0.138. The highest BCUT2D eigenvalue weighted by atomic mass is 32.2. The van der Waals surface area contributed by atoms with Crippen LogP contribution in [0.15, 0.2) is 60.7 Å². The molecule has 0 aliphatic rings. The van der Waals surface area contributed by atoms with Crippen LogP contribution in [-0.2, 0) is 26.4 Å². The monoisotopic (exact) mass is 444 g/mol. The van der Waals surface area contributed by atoms with E-state index in [1.54, 1.807) is 0 Å². The Morgan fingerprint density at radius 2 is 1.26 bits per heavy atom. The summed E-state index contributed by atoms with van der Waals surface area (Å²) in [5.74, 6) is 0.412. The van der Waals surface area contributed by atoms with Gasteiger partial charge in [0.2, 0.25) is 0 Å². The molecule has 0 fully saturated rings. The molecule has 0 saturated heterocycles. The van der Waals surface area contributed by atoms with Gasteiger partial charge < -0.3 is 10.2 Å². The molecule has 0 aliphatic carbocycles. The van der Waals surface area contributed by atoms with E-state index < -0.39 is 22.2 Å². The molecule has 0 heterocycles. The van der Waals surface area contributed by atoms with Crippen molar-refractivity contribution in [2.45, 2.75) is 63.2 Å². The first kappa shape index (κ1) is 25.3. The SMILES string of the molecule is CC(CCO)(CCCS(=O)CCCC(C)(CC(=O)O)c1ccccc1)c1ccccc1. The third-order valence-electron chi connectivity index (χ3n) is 6.35. The average molecular weight is 445 g/mol. The zero-order valence-electron chi connectivity index (χ0n) is 18.8. The van der Waals surface area contributed by atoms with Gasteiger partial charge in [-0.25, -0.2) is 0 Å². The molecule has 0 amide bonds. The van der Waals surface area contributed by atoms with Gasteiger partial charge in [0.05, 0.1) is 6.42 Å². The van der Waals surface area contributed by atoms with E-state index in [9.17, 15) is 19.2 Å². The van der Waals surface area contributed by atoms with E-state index in [-0.39, 0.29) is 18.4 Å². The fraction of sp³-hybridized carbons (Fsp3) is 0.500. The van der Waals surface area contributed by atoms with Crippen LogP contribution in [0.5, 0.6) is 0 Å². The first-order valence-corrected chi connectivity index (χ1v) is 12.6. The minimum absolute atomic E-state index is 0.0697. The number of rotatable bonds is 14. The van der Waals surface area contributed by atoms with Gasteiger partial charge >= 0.3 is 5.97 Å². The van der Waals surface area contributed by atoms with Crippen LogP contribution in [-0.4, -0.2) is 38.5 Å². The Kier molecular flexibility index (Phi) is 9.92. The molecule has 0 spiro atoms. The zero-order valence-corrected chi connectivity index (χ0v) is 19.6. The summed E-state index contributed by atoms with van der Waals surface area (Å²) >= 11 is 0. The van der Waals surface area contributed by atoms with Crippen molar-refractivity contribution in [1.82, 2.24) is 0 Å². The predicted molar refractivity (Wildman–Crippen MR) is 128 cm³/mol.